The van der Waals surface area contributed by atoms with Crippen LogP contribution < -0.4 is 4.90 Å². The van der Waals surface area contributed by atoms with Crippen LogP contribution in [0.4, 0.5) is 5.82 Å². The van der Waals surface area contributed by atoms with Gasteiger partial charge in [0.15, 0.2) is 0 Å². The Morgan fingerprint density at radius 1 is 1.31 bits per heavy atom. The van der Waals surface area contributed by atoms with Crippen LogP contribution in [0, 0.1) is 6.92 Å². The van der Waals surface area contributed by atoms with Gasteiger partial charge in [-0.15, -0.1) is 0 Å². The number of nitrogens with zero attached hydrogens (tertiary/aromatic N) is 4. The molecule has 2 saturated heterocycles. The average molecular weight is 362 g/mol. The third kappa shape index (κ3) is 4.92. The van der Waals surface area contributed by atoms with Crippen LogP contribution in [-0.4, -0.2) is 73.4 Å². The Balaban J connectivity index is 1.67. The van der Waals surface area contributed by atoms with Crippen molar-refractivity contribution in [1.29, 1.82) is 0 Å². The van der Waals surface area contributed by atoms with Crippen LogP contribution in [0.3, 0.4) is 0 Å². The number of rotatable bonds is 6. The van der Waals surface area contributed by atoms with E-state index in [1.165, 1.54) is 0 Å². The van der Waals surface area contributed by atoms with Crippen molar-refractivity contribution in [2.24, 2.45) is 0 Å². The van der Waals surface area contributed by atoms with Crippen molar-refractivity contribution in [2.75, 3.05) is 57.5 Å². The topological polar surface area (TPSA) is 67.8 Å². The molecule has 26 heavy (non-hydrogen) atoms. The molecule has 1 atom stereocenters. The summed E-state index contributed by atoms with van der Waals surface area (Å²) in [5, 5.41) is 0. The Kier molecular flexibility index (Phi) is 6.80. The van der Waals surface area contributed by atoms with Gasteiger partial charge in [0.25, 0.3) is 0 Å². The number of carbonyl (C=O) groups is 1. The van der Waals surface area contributed by atoms with Gasteiger partial charge in [-0.05, 0) is 26.7 Å². The van der Waals surface area contributed by atoms with Gasteiger partial charge in [0.1, 0.15) is 11.6 Å². The lowest BCUT2D eigenvalue weighted by Crippen LogP contribution is -2.40. The lowest BCUT2D eigenvalue weighted by Gasteiger charge is -2.33. The first-order chi connectivity index (χ1) is 12.7. The maximum Gasteiger partial charge on any atom is 0.224 e. The molecule has 0 spiro atoms. The first kappa shape index (κ1) is 19.0. The zero-order valence-electron chi connectivity index (χ0n) is 15.9. The van der Waals surface area contributed by atoms with Crippen LogP contribution in [0.1, 0.15) is 43.6 Å². The third-order valence-electron chi connectivity index (χ3n) is 5.04. The van der Waals surface area contributed by atoms with E-state index in [0.717, 1.165) is 69.6 Å². The van der Waals surface area contributed by atoms with Gasteiger partial charge in [0.05, 0.1) is 31.9 Å². The van der Waals surface area contributed by atoms with E-state index in [0.29, 0.717) is 19.6 Å². The van der Waals surface area contributed by atoms with Gasteiger partial charge in [-0.25, -0.2) is 9.97 Å². The Morgan fingerprint density at radius 2 is 2.12 bits per heavy atom. The zero-order valence-corrected chi connectivity index (χ0v) is 15.9. The summed E-state index contributed by atoms with van der Waals surface area (Å²) in [5.74, 6) is 2.24. The molecule has 0 radical (unpaired) electrons. The molecule has 0 unspecified atom stereocenters. The Morgan fingerprint density at radius 3 is 2.88 bits per heavy atom. The van der Waals surface area contributed by atoms with Gasteiger partial charge >= 0.3 is 0 Å². The molecular weight excluding hydrogens is 332 g/mol. The minimum Gasteiger partial charge on any atom is -0.381 e. The van der Waals surface area contributed by atoms with Crippen molar-refractivity contribution >= 4 is 11.7 Å². The van der Waals surface area contributed by atoms with Gasteiger partial charge in [-0.1, -0.05) is 0 Å². The largest absolute Gasteiger partial charge is 0.381 e. The highest BCUT2D eigenvalue weighted by atomic mass is 16.5. The molecule has 3 heterocycles. The number of anilines is 1. The third-order valence-corrected chi connectivity index (χ3v) is 5.04. The van der Waals surface area contributed by atoms with E-state index < -0.39 is 0 Å². The van der Waals surface area contributed by atoms with Crippen molar-refractivity contribution in [3.8, 4) is 0 Å². The highest BCUT2D eigenvalue weighted by Gasteiger charge is 2.26. The molecule has 0 N–H and O–H groups in total. The van der Waals surface area contributed by atoms with Gasteiger partial charge in [0, 0.05) is 44.8 Å². The molecule has 0 saturated carbocycles. The standard InChI is InChI=1S/C19H30N4O3/c1-3-25-10-6-19(24)23-7-4-5-16(14-23)17-13-18(21-15(2)20-17)22-8-11-26-12-9-22/h13,16H,3-12,14H2,1-2H3/t16-/m1/s1. The zero-order chi connectivity index (χ0) is 18.4. The second kappa shape index (κ2) is 9.28. The Hall–Kier alpha value is -1.73. The first-order valence-corrected chi connectivity index (χ1v) is 9.71. The number of morpholine rings is 1. The summed E-state index contributed by atoms with van der Waals surface area (Å²) in [6.45, 7) is 9.84. The van der Waals surface area contributed by atoms with Gasteiger partial charge in [0.2, 0.25) is 5.91 Å². The molecule has 0 bridgehead atoms. The minimum absolute atomic E-state index is 0.183. The number of hydrogen-bond acceptors (Lipinski definition) is 6. The van der Waals surface area contributed by atoms with Crippen LogP contribution in [0.2, 0.25) is 0 Å². The monoisotopic (exact) mass is 362 g/mol. The molecule has 7 heteroatoms. The number of aryl methyl sites for hydroxylation is 1. The van der Waals surface area contributed by atoms with Crippen LogP contribution >= 0.6 is 0 Å². The fraction of sp³-hybridized carbons (Fsp3) is 0.737. The highest BCUT2D eigenvalue weighted by molar-refractivity contribution is 5.76. The van der Waals surface area contributed by atoms with E-state index in [9.17, 15) is 4.79 Å². The normalized spacial score (nSPS) is 21.1. The predicted molar refractivity (Wildman–Crippen MR) is 99.5 cm³/mol. The molecule has 1 amide bonds. The van der Waals surface area contributed by atoms with Crippen molar-refractivity contribution in [1.82, 2.24) is 14.9 Å². The summed E-state index contributed by atoms with van der Waals surface area (Å²) in [6.07, 6.45) is 2.54. The summed E-state index contributed by atoms with van der Waals surface area (Å²) in [4.78, 5) is 26.0. The number of hydrogen-bond donors (Lipinski definition) is 0. The number of amides is 1. The van der Waals surface area contributed by atoms with E-state index >= 15 is 0 Å². The Labute approximate surface area is 155 Å². The van der Waals surface area contributed by atoms with Crippen LogP contribution in [0.5, 0.6) is 0 Å². The molecule has 7 nitrogen and oxygen atoms in total. The van der Waals surface area contributed by atoms with Crippen LogP contribution in [0.15, 0.2) is 6.07 Å². The summed E-state index contributed by atoms with van der Waals surface area (Å²) in [5.41, 5.74) is 1.06. The molecule has 3 rings (SSSR count). The second-order valence-electron chi connectivity index (χ2n) is 6.92. The average Bonchev–Trinajstić information content (AvgIpc) is 2.68. The maximum absolute atomic E-state index is 12.4. The predicted octanol–water partition coefficient (Wildman–Crippen LogP) is 1.75. The van der Waals surface area contributed by atoms with Crippen molar-refractivity contribution in [2.45, 2.75) is 39.0 Å². The van der Waals surface area contributed by atoms with E-state index in [4.69, 9.17) is 9.47 Å². The number of ether oxygens (including phenoxy) is 2. The second-order valence-corrected chi connectivity index (χ2v) is 6.92. The molecule has 0 aromatic carbocycles. The number of piperidine rings is 1. The van der Waals surface area contributed by atoms with Crippen LogP contribution in [0.25, 0.3) is 0 Å². The van der Waals surface area contributed by atoms with Gasteiger partial charge < -0.3 is 19.3 Å². The first-order valence-electron chi connectivity index (χ1n) is 9.71. The lowest BCUT2D eigenvalue weighted by molar-refractivity contribution is -0.133. The maximum atomic E-state index is 12.4. The molecule has 0 aliphatic carbocycles. The molecule has 1 aromatic heterocycles. The molecular formula is C19H30N4O3. The summed E-state index contributed by atoms with van der Waals surface area (Å²) in [6, 6.07) is 2.11. The summed E-state index contributed by atoms with van der Waals surface area (Å²) < 4.78 is 10.8. The molecule has 1 aromatic rings. The minimum atomic E-state index is 0.183. The summed E-state index contributed by atoms with van der Waals surface area (Å²) in [7, 11) is 0. The molecule has 2 aliphatic rings. The molecule has 2 aliphatic heterocycles. The fourth-order valence-corrected chi connectivity index (χ4v) is 3.65. The van der Waals surface area contributed by atoms with Crippen molar-refractivity contribution in [3.63, 3.8) is 0 Å². The molecule has 2 fully saturated rings. The highest BCUT2D eigenvalue weighted by Crippen LogP contribution is 2.28. The van der Waals surface area contributed by atoms with Crippen molar-refractivity contribution in [3.05, 3.63) is 17.6 Å². The molecule has 144 valence electrons. The van der Waals surface area contributed by atoms with E-state index in [2.05, 4.69) is 20.9 Å². The number of carbonyl (C=O) groups excluding carboxylic acids is 1. The number of aromatic nitrogens is 2. The number of likely N-dealkylation sites (tertiary alicyclic amines) is 1. The van der Waals surface area contributed by atoms with E-state index in [1.807, 2.05) is 18.7 Å². The fourth-order valence-electron chi connectivity index (χ4n) is 3.65. The Bertz CT molecular complexity index is 604. The lowest BCUT2D eigenvalue weighted by atomic mass is 9.94. The smallest absolute Gasteiger partial charge is 0.224 e. The van der Waals surface area contributed by atoms with Crippen LogP contribution in [-0.2, 0) is 14.3 Å². The van der Waals surface area contributed by atoms with Gasteiger partial charge in [-0.3, -0.25) is 4.79 Å². The summed E-state index contributed by atoms with van der Waals surface area (Å²) >= 11 is 0. The van der Waals surface area contributed by atoms with E-state index in [1.54, 1.807) is 0 Å². The quantitative estimate of drug-likeness (QED) is 0.718. The van der Waals surface area contributed by atoms with Crippen molar-refractivity contribution < 1.29 is 14.3 Å². The van der Waals surface area contributed by atoms with E-state index in [-0.39, 0.29) is 11.8 Å². The van der Waals surface area contributed by atoms with Gasteiger partial charge in [-0.2, -0.15) is 0 Å². The SMILES string of the molecule is CCOCCC(=O)N1CCC[C@@H](c2cc(N3CCOCC3)nc(C)n2)C1.